The Morgan fingerprint density at radius 1 is 0.927 bits per heavy atom. The molecule has 1 N–H and O–H groups in total. The van der Waals surface area contributed by atoms with Crippen LogP contribution in [-0.2, 0) is 24.0 Å². The van der Waals surface area contributed by atoms with E-state index in [0.717, 1.165) is 57.8 Å². The molecule has 5 aliphatic carbocycles. The van der Waals surface area contributed by atoms with Gasteiger partial charge in [-0.2, -0.15) is 0 Å². The molecule has 6 nitrogen and oxygen atoms in total. The third kappa shape index (κ3) is 4.39. The van der Waals surface area contributed by atoms with Crippen LogP contribution in [0.3, 0.4) is 0 Å². The van der Waals surface area contributed by atoms with Crippen LogP contribution < -0.4 is 5.48 Å². The maximum Gasteiger partial charge on any atom is 0.302 e. The standard InChI is InChI=1S/C35H55NO5/c1-21(2)41-36-29(39)32(7)16-15-31(6)17-18-34(9)23(24(31)20-32)19-25(38)28-33(8)13-12-27(40-22(3)37)30(4,5)26(33)11-14-35(28,34)10/h19,21,24,26-28H,11-18,20H2,1-10H3,(H,36,39)/t24-,26?,27-,28+,31+,32-,33-,34+,35+/m0/s1. The van der Waals surface area contributed by atoms with Crippen LogP contribution in [-0.4, -0.2) is 29.9 Å². The van der Waals surface area contributed by atoms with Gasteiger partial charge in [0.1, 0.15) is 6.10 Å². The molecule has 5 rings (SSSR count). The number of rotatable bonds is 4. The third-order valence-electron chi connectivity index (χ3n) is 13.8. The van der Waals surface area contributed by atoms with Crippen molar-refractivity contribution >= 4 is 17.7 Å². The highest BCUT2D eigenvalue weighted by atomic mass is 16.7. The number of hydroxylamine groups is 1. The molecular formula is C35H55NO5. The molecule has 0 bridgehead atoms. The molecule has 1 amide bonds. The predicted octanol–water partition coefficient (Wildman–Crippen LogP) is 7.36. The summed E-state index contributed by atoms with van der Waals surface area (Å²) < 4.78 is 5.86. The van der Waals surface area contributed by atoms with Gasteiger partial charge in [-0.1, -0.05) is 54.0 Å². The van der Waals surface area contributed by atoms with Gasteiger partial charge in [-0.25, -0.2) is 5.48 Å². The minimum Gasteiger partial charge on any atom is -0.462 e. The fourth-order valence-electron chi connectivity index (χ4n) is 11.1. The van der Waals surface area contributed by atoms with E-state index in [2.05, 4.69) is 60.0 Å². The summed E-state index contributed by atoms with van der Waals surface area (Å²) in [5.41, 5.74) is 3.05. The lowest BCUT2D eigenvalue weighted by molar-refractivity contribution is -0.210. The van der Waals surface area contributed by atoms with Gasteiger partial charge < -0.3 is 4.74 Å². The first-order valence-electron chi connectivity index (χ1n) is 16.2. The van der Waals surface area contributed by atoms with Crippen molar-refractivity contribution in [3.63, 3.8) is 0 Å². The Labute approximate surface area is 248 Å². The summed E-state index contributed by atoms with van der Waals surface area (Å²) in [6, 6.07) is 0. The molecular weight excluding hydrogens is 514 g/mol. The van der Waals surface area contributed by atoms with Crippen molar-refractivity contribution in [2.75, 3.05) is 0 Å². The maximum absolute atomic E-state index is 14.6. The van der Waals surface area contributed by atoms with Gasteiger partial charge >= 0.3 is 5.97 Å². The number of ketones is 1. The Morgan fingerprint density at radius 3 is 2.22 bits per heavy atom. The summed E-state index contributed by atoms with van der Waals surface area (Å²) in [4.78, 5) is 45.4. The first-order chi connectivity index (χ1) is 18.8. The molecule has 0 aromatic carbocycles. The SMILES string of the molecule is CC(=O)O[C@H]1CC[C@@]2(C)C(CC[C@]3(C)[C@@H]2C(=O)C=C2[C@@H]4C[C@@](C)(C(=O)NOC(C)C)CC[C@]4(C)CC[C@]23C)C1(C)C. The summed E-state index contributed by atoms with van der Waals surface area (Å²) >= 11 is 0. The van der Waals surface area contributed by atoms with Gasteiger partial charge in [0.05, 0.1) is 6.10 Å². The van der Waals surface area contributed by atoms with Crippen molar-refractivity contribution in [2.45, 2.75) is 139 Å². The van der Waals surface area contributed by atoms with Gasteiger partial charge in [-0.15, -0.1) is 0 Å². The highest BCUT2D eigenvalue weighted by Gasteiger charge is 2.70. The van der Waals surface area contributed by atoms with E-state index in [4.69, 9.17) is 9.57 Å². The highest BCUT2D eigenvalue weighted by Crippen LogP contribution is 2.75. The molecule has 0 radical (unpaired) electrons. The van der Waals surface area contributed by atoms with Crippen molar-refractivity contribution in [2.24, 2.45) is 50.2 Å². The molecule has 6 heteroatoms. The van der Waals surface area contributed by atoms with E-state index in [9.17, 15) is 14.4 Å². The topological polar surface area (TPSA) is 81.7 Å². The summed E-state index contributed by atoms with van der Waals surface area (Å²) in [6.45, 7) is 21.6. The molecule has 0 aromatic rings. The van der Waals surface area contributed by atoms with Crippen molar-refractivity contribution < 1.29 is 24.0 Å². The number of ether oxygens (including phenoxy) is 1. The highest BCUT2D eigenvalue weighted by molar-refractivity contribution is 5.95. The van der Waals surface area contributed by atoms with Crippen LogP contribution >= 0.6 is 0 Å². The summed E-state index contributed by atoms with van der Waals surface area (Å²) in [7, 11) is 0. The Bertz CT molecular complexity index is 1160. The van der Waals surface area contributed by atoms with Crippen LogP contribution in [0.15, 0.2) is 11.6 Å². The Kier molecular flexibility index (Phi) is 7.24. The lowest BCUT2D eigenvalue weighted by Crippen LogP contribution is -2.66. The largest absolute Gasteiger partial charge is 0.462 e. The number of amides is 1. The smallest absolute Gasteiger partial charge is 0.302 e. The molecule has 0 spiro atoms. The number of carbonyl (C=O) groups is 3. The molecule has 4 fully saturated rings. The van der Waals surface area contributed by atoms with Crippen molar-refractivity contribution in [1.82, 2.24) is 5.48 Å². The normalized spacial score (nSPS) is 46.8. The number of esters is 1. The van der Waals surface area contributed by atoms with E-state index in [-0.39, 0.29) is 68.8 Å². The summed E-state index contributed by atoms with van der Waals surface area (Å²) in [5, 5.41) is 0. The van der Waals surface area contributed by atoms with Crippen molar-refractivity contribution in [3.8, 4) is 0 Å². The molecule has 4 saturated carbocycles. The second kappa shape index (κ2) is 9.66. The number of carbonyl (C=O) groups excluding carboxylic acids is 3. The van der Waals surface area contributed by atoms with E-state index >= 15 is 0 Å². The maximum atomic E-state index is 14.6. The van der Waals surface area contributed by atoms with Crippen LogP contribution in [0, 0.1) is 50.2 Å². The van der Waals surface area contributed by atoms with Crippen LogP contribution in [0.25, 0.3) is 0 Å². The number of fused-ring (bicyclic) bond motifs is 7. The Morgan fingerprint density at radius 2 is 1.59 bits per heavy atom. The lowest BCUT2D eigenvalue weighted by atomic mass is 9.33. The van der Waals surface area contributed by atoms with Crippen molar-refractivity contribution in [3.05, 3.63) is 11.6 Å². The zero-order valence-electron chi connectivity index (χ0n) is 27.4. The fraction of sp³-hybridized carbons (Fsp3) is 0.857. The zero-order chi connectivity index (χ0) is 30.4. The van der Waals surface area contributed by atoms with Crippen LogP contribution in [0.2, 0.25) is 0 Å². The monoisotopic (exact) mass is 569 g/mol. The molecule has 0 aromatic heterocycles. The quantitative estimate of drug-likeness (QED) is 0.283. The molecule has 230 valence electrons. The van der Waals surface area contributed by atoms with E-state index < -0.39 is 5.41 Å². The minimum absolute atomic E-state index is 0.0351. The van der Waals surface area contributed by atoms with Crippen LogP contribution in [0.5, 0.6) is 0 Å². The number of hydrogen-bond donors (Lipinski definition) is 1. The van der Waals surface area contributed by atoms with E-state index in [0.29, 0.717) is 5.92 Å². The molecule has 0 heterocycles. The zero-order valence-corrected chi connectivity index (χ0v) is 27.4. The number of hydrogen-bond acceptors (Lipinski definition) is 5. The van der Waals surface area contributed by atoms with Crippen LogP contribution in [0.1, 0.15) is 127 Å². The van der Waals surface area contributed by atoms with Gasteiger partial charge in [0.2, 0.25) is 5.91 Å². The lowest BCUT2D eigenvalue weighted by Gasteiger charge is -2.70. The van der Waals surface area contributed by atoms with Gasteiger partial charge in [0.15, 0.2) is 5.78 Å². The molecule has 9 atom stereocenters. The molecule has 1 unspecified atom stereocenters. The van der Waals surface area contributed by atoms with E-state index in [1.807, 2.05) is 13.8 Å². The summed E-state index contributed by atoms with van der Waals surface area (Å²) in [6.07, 6.45) is 10.4. The number of nitrogens with one attached hydrogen (secondary N) is 1. The molecule has 41 heavy (non-hydrogen) atoms. The minimum atomic E-state index is -0.526. The third-order valence-corrected chi connectivity index (χ3v) is 13.8. The van der Waals surface area contributed by atoms with Gasteiger partial charge in [0.25, 0.3) is 0 Å². The predicted molar refractivity (Wildman–Crippen MR) is 159 cm³/mol. The van der Waals surface area contributed by atoms with E-state index in [1.165, 1.54) is 12.5 Å². The van der Waals surface area contributed by atoms with Crippen LogP contribution in [0.4, 0.5) is 0 Å². The van der Waals surface area contributed by atoms with Gasteiger partial charge in [0, 0.05) is 23.7 Å². The second-order valence-electron chi connectivity index (χ2n) is 16.8. The Balaban J connectivity index is 1.52. The fourth-order valence-corrected chi connectivity index (χ4v) is 11.1. The first-order valence-corrected chi connectivity index (χ1v) is 16.2. The number of allylic oxidation sites excluding steroid dienone is 2. The van der Waals surface area contributed by atoms with E-state index in [1.54, 1.807) is 0 Å². The van der Waals surface area contributed by atoms with Gasteiger partial charge in [-0.05, 0) is 111 Å². The van der Waals surface area contributed by atoms with Gasteiger partial charge in [-0.3, -0.25) is 19.2 Å². The molecule has 0 saturated heterocycles. The summed E-state index contributed by atoms with van der Waals surface area (Å²) in [5.74, 6) is 0.501. The van der Waals surface area contributed by atoms with Crippen molar-refractivity contribution in [1.29, 1.82) is 0 Å². The first kappa shape index (κ1) is 30.8. The average Bonchev–Trinajstić information content (AvgIpc) is 2.86. The molecule has 5 aliphatic rings. The average molecular weight is 570 g/mol. The Hall–Kier alpha value is -1.69. The second-order valence-corrected chi connectivity index (χ2v) is 16.8. The molecule has 0 aliphatic heterocycles.